The number of hydrogen-bond donors (Lipinski definition) is 1. The van der Waals surface area contributed by atoms with E-state index in [1.807, 2.05) is 4.68 Å². The van der Waals surface area contributed by atoms with Crippen molar-refractivity contribution in [2.75, 3.05) is 5.73 Å². The molecule has 1 aromatic heterocycles. The number of anilines is 1. The predicted molar refractivity (Wildman–Crippen MR) is 66.0 cm³/mol. The lowest BCUT2D eigenvalue weighted by Crippen LogP contribution is -2.37. The number of rotatable bonds is 1. The van der Waals surface area contributed by atoms with E-state index < -0.39 is 0 Å². The van der Waals surface area contributed by atoms with Gasteiger partial charge in [-0.3, -0.25) is 4.90 Å². The van der Waals surface area contributed by atoms with Crippen LogP contribution in [0.15, 0.2) is 0 Å². The first-order valence-corrected chi connectivity index (χ1v) is 5.91. The fourth-order valence-corrected chi connectivity index (χ4v) is 2.13. The molecule has 0 saturated heterocycles. The molecule has 0 fully saturated rings. The molecule has 0 unspecified atom stereocenters. The molecule has 0 amide bonds. The van der Waals surface area contributed by atoms with Gasteiger partial charge in [-0.15, -0.1) is 0 Å². The quantitative estimate of drug-likeness (QED) is 0.792. The molecule has 2 heterocycles. The molecule has 0 spiro atoms. The smallest absolute Gasteiger partial charge is 0.126 e. The molecular weight excluding hydrogens is 200 g/mol. The Morgan fingerprint density at radius 2 is 1.88 bits per heavy atom. The fourth-order valence-electron chi connectivity index (χ4n) is 2.13. The first-order chi connectivity index (χ1) is 7.30. The van der Waals surface area contributed by atoms with Crippen LogP contribution in [0.1, 0.15) is 51.9 Å². The minimum atomic E-state index is 0.183. The van der Waals surface area contributed by atoms with Crippen LogP contribution < -0.4 is 5.73 Å². The van der Waals surface area contributed by atoms with E-state index in [4.69, 9.17) is 5.73 Å². The predicted octanol–water partition coefficient (Wildman–Crippen LogP) is 2.16. The zero-order valence-corrected chi connectivity index (χ0v) is 10.9. The van der Waals surface area contributed by atoms with Crippen molar-refractivity contribution >= 4 is 5.82 Å². The highest BCUT2D eigenvalue weighted by atomic mass is 15.4. The second-order valence-electron chi connectivity index (χ2n) is 5.88. The molecule has 0 radical (unpaired) electrons. The lowest BCUT2D eigenvalue weighted by Gasteiger charge is -2.31. The molecule has 1 aromatic rings. The molecule has 0 aromatic carbocycles. The summed E-state index contributed by atoms with van der Waals surface area (Å²) in [5.41, 5.74) is 8.70. The van der Waals surface area contributed by atoms with Crippen molar-refractivity contribution in [3.63, 3.8) is 0 Å². The summed E-state index contributed by atoms with van der Waals surface area (Å²) in [7, 11) is 0. The number of nitrogen functional groups attached to an aromatic ring is 1. The topological polar surface area (TPSA) is 47.1 Å². The van der Waals surface area contributed by atoms with Crippen LogP contribution in [0.3, 0.4) is 0 Å². The summed E-state index contributed by atoms with van der Waals surface area (Å²) in [6.07, 6.45) is 0. The number of nitrogens with two attached hydrogens (primary N) is 1. The van der Waals surface area contributed by atoms with E-state index in [1.54, 1.807) is 0 Å². The van der Waals surface area contributed by atoms with Crippen molar-refractivity contribution < 1.29 is 0 Å². The Labute approximate surface area is 97.4 Å². The first kappa shape index (κ1) is 11.5. The van der Waals surface area contributed by atoms with Crippen LogP contribution in [0.4, 0.5) is 5.82 Å². The lowest BCUT2D eigenvalue weighted by atomic mass is 10.1. The first-order valence-electron chi connectivity index (χ1n) is 5.91. The van der Waals surface area contributed by atoms with Crippen LogP contribution >= 0.6 is 0 Å². The number of aromatic nitrogens is 2. The molecule has 16 heavy (non-hydrogen) atoms. The molecule has 0 aliphatic carbocycles. The largest absolute Gasteiger partial charge is 0.384 e. The van der Waals surface area contributed by atoms with E-state index in [1.165, 1.54) is 5.56 Å². The summed E-state index contributed by atoms with van der Waals surface area (Å²) in [5, 5.41) is 4.60. The molecular formula is C12H22N4. The Bertz CT molecular complexity index is 398. The normalized spacial score (nSPS) is 17.1. The van der Waals surface area contributed by atoms with Crippen molar-refractivity contribution in [3.05, 3.63) is 11.3 Å². The fraction of sp³-hybridized carbons (Fsp3) is 0.750. The minimum absolute atomic E-state index is 0.183. The van der Waals surface area contributed by atoms with Gasteiger partial charge in [0.15, 0.2) is 0 Å². The second kappa shape index (κ2) is 3.48. The monoisotopic (exact) mass is 222 g/mol. The van der Waals surface area contributed by atoms with Crippen molar-refractivity contribution in [1.82, 2.24) is 14.7 Å². The zero-order chi connectivity index (χ0) is 12.1. The third kappa shape index (κ3) is 1.71. The molecule has 2 N–H and O–H groups in total. The highest BCUT2D eigenvalue weighted by Gasteiger charge is 2.32. The average Bonchev–Trinajstić information content (AvgIpc) is 2.64. The van der Waals surface area contributed by atoms with Gasteiger partial charge in [-0.05, 0) is 34.6 Å². The summed E-state index contributed by atoms with van der Waals surface area (Å²) < 4.78 is 1.94. The second-order valence-corrected chi connectivity index (χ2v) is 5.88. The molecule has 0 bridgehead atoms. The Morgan fingerprint density at radius 1 is 1.25 bits per heavy atom. The maximum atomic E-state index is 6.13. The Morgan fingerprint density at radius 3 is 2.31 bits per heavy atom. The molecule has 4 heteroatoms. The highest BCUT2D eigenvalue weighted by Crippen LogP contribution is 2.32. The van der Waals surface area contributed by atoms with E-state index >= 15 is 0 Å². The Balaban J connectivity index is 2.28. The summed E-state index contributed by atoms with van der Waals surface area (Å²) in [4.78, 5) is 2.41. The van der Waals surface area contributed by atoms with Crippen molar-refractivity contribution in [1.29, 1.82) is 0 Å². The van der Waals surface area contributed by atoms with Crippen molar-refractivity contribution in [2.45, 2.75) is 59.3 Å². The zero-order valence-electron chi connectivity index (χ0n) is 10.9. The van der Waals surface area contributed by atoms with Gasteiger partial charge < -0.3 is 5.73 Å². The van der Waals surface area contributed by atoms with Gasteiger partial charge in [0.2, 0.25) is 0 Å². The van der Waals surface area contributed by atoms with Gasteiger partial charge in [0.25, 0.3) is 0 Å². The van der Waals surface area contributed by atoms with Gasteiger partial charge >= 0.3 is 0 Å². The molecule has 0 saturated carbocycles. The Hall–Kier alpha value is -1.03. The third-order valence-corrected chi connectivity index (χ3v) is 3.26. The molecule has 1 aliphatic rings. The van der Waals surface area contributed by atoms with Gasteiger partial charge in [-0.25, -0.2) is 4.68 Å². The molecule has 0 atom stereocenters. The summed E-state index contributed by atoms with van der Waals surface area (Å²) in [6.45, 7) is 12.8. The number of fused-ring (bicyclic) bond motifs is 1. The Kier molecular flexibility index (Phi) is 2.49. The highest BCUT2D eigenvalue weighted by molar-refractivity contribution is 5.46. The van der Waals surface area contributed by atoms with Crippen LogP contribution in [0, 0.1) is 0 Å². The van der Waals surface area contributed by atoms with Crippen LogP contribution in [0.25, 0.3) is 0 Å². The summed E-state index contributed by atoms with van der Waals surface area (Å²) in [5.74, 6) is 0.844. The summed E-state index contributed by atoms with van der Waals surface area (Å²) >= 11 is 0. The SMILES string of the molecule is CC(C)n1nc2c(c1N)CN(C(C)(C)C)C2. The molecule has 2 rings (SSSR count). The van der Waals surface area contributed by atoms with Crippen LogP contribution in [-0.2, 0) is 13.1 Å². The van der Waals surface area contributed by atoms with Crippen molar-refractivity contribution in [3.8, 4) is 0 Å². The van der Waals surface area contributed by atoms with E-state index in [0.29, 0.717) is 6.04 Å². The third-order valence-electron chi connectivity index (χ3n) is 3.26. The maximum absolute atomic E-state index is 6.13. The lowest BCUT2D eigenvalue weighted by molar-refractivity contribution is 0.134. The van der Waals surface area contributed by atoms with Gasteiger partial charge in [-0.1, -0.05) is 0 Å². The molecule has 4 nitrogen and oxygen atoms in total. The number of nitrogens with zero attached hydrogens (tertiary/aromatic N) is 3. The minimum Gasteiger partial charge on any atom is -0.384 e. The van der Waals surface area contributed by atoms with E-state index in [9.17, 15) is 0 Å². The van der Waals surface area contributed by atoms with Gasteiger partial charge in [0.05, 0.1) is 5.69 Å². The van der Waals surface area contributed by atoms with Gasteiger partial charge in [0, 0.05) is 30.2 Å². The van der Waals surface area contributed by atoms with Crippen LogP contribution in [-0.4, -0.2) is 20.2 Å². The van der Waals surface area contributed by atoms with Gasteiger partial charge in [-0.2, -0.15) is 5.10 Å². The summed E-state index contributed by atoms with van der Waals surface area (Å²) in [6, 6.07) is 0.341. The standard InChI is InChI=1S/C12H22N4/c1-8(2)16-11(13)9-6-15(12(3,4)5)7-10(9)14-16/h8H,6-7,13H2,1-5H3. The average molecular weight is 222 g/mol. The molecule has 1 aliphatic heterocycles. The van der Waals surface area contributed by atoms with Gasteiger partial charge in [0.1, 0.15) is 5.82 Å². The van der Waals surface area contributed by atoms with E-state index in [0.717, 1.165) is 24.6 Å². The van der Waals surface area contributed by atoms with E-state index in [-0.39, 0.29) is 5.54 Å². The van der Waals surface area contributed by atoms with Crippen LogP contribution in [0.2, 0.25) is 0 Å². The van der Waals surface area contributed by atoms with Crippen molar-refractivity contribution in [2.24, 2.45) is 0 Å². The van der Waals surface area contributed by atoms with Crippen LogP contribution in [0.5, 0.6) is 0 Å². The molecule has 90 valence electrons. The van der Waals surface area contributed by atoms with E-state index in [2.05, 4.69) is 44.6 Å². The maximum Gasteiger partial charge on any atom is 0.126 e. The number of hydrogen-bond acceptors (Lipinski definition) is 3.